The average Bonchev–Trinajstić information content (AvgIpc) is 2.83. The van der Waals surface area contributed by atoms with Crippen LogP contribution in [0.15, 0.2) is 42.6 Å². The van der Waals surface area contributed by atoms with Crippen LogP contribution in [-0.4, -0.2) is 42.3 Å². The van der Waals surface area contributed by atoms with Gasteiger partial charge in [-0.3, -0.25) is 4.98 Å². The molecule has 174 valence electrons. The van der Waals surface area contributed by atoms with Crippen LogP contribution < -0.4 is 15.4 Å². The fraction of sp³-hybridized carbons (Fsp3) is 0.360. The number of hydrogen-bond donors (Lipinski definition) is 2. The van der Waals surface area contributed by atoms with E-state index in [4.69, 9.17) is 16.3 Å². The topological polar surface area (TPSA) is 59.1 Å². The highest BCUT2D eigenvalue weighted by molar-refractivity contribution is 6.32. The van der Waals surface area contributed by atoms with E-state index in [0.717, 1.165) is 61.0 Å². The van der Waals surface area contributed by atoms with Gasteiger partial charge in [0, 0.05) is 48.6 Å². The molecule has 2 aromatic heterocycles. The zero-order valence-corrected chi connectivity index (χ0v) is 19.2. The first-order chi connectivity index (χ1) is 16.0. The van der Waals surface area contributed by atoms with Crippen molar-refractivity contribution in [2.24, 2.45) is 0 Å². The highest BCUT2D eigenvalue weighted by Gasteiger charge is 2.21. The monoisotopic (exact) mass is 472 g/mol. The van der Waals surface area contributed by atoms with Crippen molar-refractivity contribution in [1.29, 1.82) is 0 Å². The lowest BCUT2D eigenvalue weighted by molar-refractivity contribution is 0.321. The predicted molar refractivity (Wildman–Crippen MR) is 128 cm³/mol. The highest BCUT2D eigenvalue weighted by Crippen LogP contribution is 2.27. The summed E-state index contributed by atoms with van der Waals surface area (Å²) in [6.45, 7) is 1.45. The van der Waals surface area contributed by atoms with Gasteiger partial charge in [-0.25, -0.2) is 13.8 Å². The first kappa shape index (κ1) is 23.5. The third kappa shape index (κ3) is 6.05. The van der Waals surface area contributed by atoms with E-state index in [1.165, 1.54) is 6.07 Å². The van der Waals surface area contributed by atoms with Crippen molar-refractivity contribution in [3.63, 3.8) is 0 Å². The zero-order valence-electron chi connectivity index (χ0n) is 18.5. The molecular formula is C25H27ClF2N4O. The molecule has 1 aromatic carbocycles. The molecule has 5 nitrogen and oxygen atoms in total. The van der Waals surface area contributed by atoms with Crippen LogP contribution in [0, 0.1) is 11.6 Å². The third-order valence-corrected chi connectivity index (χ3v) is 6.31. The molecule has 1 fully saturated rings. The molecule has 2 N–H and O–H groups in total. The van der Waals surface area contributed by atoms with Crippen LogP contribution >= 0.6 is 11.6 Å². The average molecular weight is 473 g/mol. The van der Waals surface area contributed by atoms with Crippen molar-refractivity contribution < 1.29 is 13.5 Å². The number of nitrogens with zero attached hydrogens (tertiary/aromatic N) is 2. The molecule has 1 aliphatic heterocycles. The summed E-state index contributed by atoms with van der Waals surface area (Å²) < 4.78 is 32.2. The van der Waals surface area contributed by atoms with Crippen molar-refractivity contribution in [2.45, 2.75) is 37.8 Å². The predicted octanol–water partition coefficient (Wildman–Crippen LogP) is 4.93. The van der Waals surface area contributed by atoms with Crippen LogP contribution in [0.25, 0.3) is 17.1 Å². The van der Waals surface area contributed by atoms with Gasteiger partial charge >= 0.3 is 0 Å². The standard InChI is InChI=1S/C25H27ClF2N4O/c1-33-24-11-10-23-25(32-24)20(21(26)15-31-23)8-7-18-5-6-19(14-30-18)29-12-2-3-16-13-17(27)4-9-22(16)28/h2-4,9-11,13,15,18-19,29-30H,5-8,12,14H2,1H3/t18-,19+/m1/s1. The van der Waals surface area contributed by atoms with Crippen molar-refractivity contribution >= 4 is 28.7 Å². The second-order valence-electron chi connectivity index (χ2n) is 8.20. The molecule has 0 spiro atoms. The molecule has 33 heavy (non-hydrogen) atoms. The number of benzene rings is 1. The maximum Gasteiger partial charge on any atom is 0.213 e. The number of hydrogen-bond acceptors (Lipinski definition) is 5. The molecule has 0 saturated carbocycles. The van der Waals surface area contributed by atoms with Crippen molar-refractivity contribution in [3.05, 3.63) is 70.4 Å². The smallest absolute Gasteiger partial charge is 0.213 e. The number of aryl methyl sites for hydroxylation is 1. The van der Waals surface area contributed by atoms with Crippen LogP contribution in [0.1, 0.15) is 30.4 Å². The molecule has 0 amide bonds. The van der Waals surface area contributed by atoms with Crippen LogP contribution in [0.5, 0.6) is 5.88 Å². The Bertz CT molecular complexity index is 1130. The number of methoxy groups -OCH3 is 1. The lowest BCUT2D eigenvalue weighted by Gasteiger charge is -2.30. The van der Waals surface area contributed by atoms with Crippen molar-refractivity contribution in [2.75, 3.05) is 20.2 Å². The van der Waals surface area contributed by atoms with Gasteiger partial charge in [-0.05, 0) is 49.9 Å². The maximum atomic E-state index is 13.7. The Balaban J connectivity index is 1.26. The summed E-state index contributed by atoms with van der Waals surface area (Å²) in [5.41, 5.74) is 2.85. The van der Waals surface area contributed by atoms with Gasteiger partial charge in [0.1, 0.15) is 11.6 Å². The second-order valence-corrected chi connectivity index (χ2v) is 8.61. The minimum absolute atomic E-state index is 0.257. The normalized spacial score (nSPS) is 18.8. The summed E-state index contributed by atoms with van der Waals surface area (Å²) in [6.07, 6.45) is 8.94. The van der Waals surface area contributed by atoms with Crippen molar-refractivity contribution in [1.82, 2.24) is 20.6 Å². The van der Waals surface area contributed by atoms with Gasteiger partial charge in [0.15, 0.2) is 0 Å². The van der Waals surface area contributed by atoms with E-state index in [0.29, 0.717) is 29.5 Å². The fourth-order valence-electron chi connectivity index (χ4n) is 4.15. The Morgan fingerprint density at radius 1 is 1.24 bits per heavy atom. The maximum absolute atomic E-state index is 13.7. The number of nitrogens with one attached hydrogen (secondary N) is 2. The number of piperidine rings is 1. The molecule has 1 saturated heterocycles. The molecule has 0 aliphatic carbocycles. The number of ether oxygens (including phenoxy) is 1. The van der Waals surface area contributed by atoms with E-state index in [-0.39, 0.29) is 5.56 Å². The summed E-state index contributed by atoms with van der Waals surface area (Å²) in [4.78, 5) is 8.92. The highest BCUT2D eigenvalue weighted by atomic mass is 35.5. The lowest BCUT2D eigenvalue weighted by atomic mass is 9.95. The van der Waals surface area contributed by atoms with E-state index in [1.807, 2.05) is 12.1 Å². The van der Waals surface area contributed by atoms with E-state index in [2.05, 4.69) is 20.6 Å². The van der Waals surface area contributed by atoms with E-state index >= 15 is 0 Å². The van der Waals surface area contributed by atoms with Crippen LogP contribution in [0.3, 0.4) is 0 Å². The van der Waals surface area contributed by atoms with Gasteiger partial charge < -0.3 is 15.4 Å². The quantitative estimate of drug-likeness (QED) is 0.487. The number of rotatable bonds is 8. The number of fused-ring (bicyclic) bond motifs is 1. The van der Waals surface area contributed by atoms with E-state index in [1.54, 1.807) is 25.4 Å². The van der Waals surface area contributed by atoms with E-state index in [9.17, 15) is 8.78 Å². The largest absolute Gasteiger partial charge is 0.481 e. The number of halogens is 3. The number of pyridine rings is 2. The Labute approximate surface area is 197 Å². The van der Waals surface area contributed by atoms with E-state index < -0.39 is 11.6 Å². The number of aromatic nitrogens is 2. The van der Waals surface area contributed by atoms with Crippen LogP contribution in [0.2, 0.25) is 5.02 Å². The summed E-state index contributed by atoms with van der Waals surface area (Å²) >= 11 is 6.45. The SMILES string of the molecule is COc1ccc2ncc(Cl)c(CC[C@H]3CC[C@H](NCC=Cc4cc(F)ccc4F)CN3)c2n1. The molecule has 2 atom stereocenters. The van der Waals surface area contributed by atoms with Gasteiger partial charge in [-0.1, -0.05) is 23.8 Å². The molecule has 0 radical (unpaired) electrons. The Kier molecular flexibility index (Phi) is 7.85. The molecule has 8 heteroatoms. The first-order valence-corrected chi connectivity index (χ1v) is 11.5. The Morgan fingerprint density at radius 3 is 2.91 bits per heavy atom. The van der Waals surface area contributed by atoms with Crippen LogP contribution in [-0.2, 0) is 6.42 Å². The molecular weight excluding hydrogens is 446 g/mol. The molecule has 0 unspecified atom stereocenters. The Morgan fingerprint density at radius 2 is 2.12 bits per heavy atom. The summed E-state index contributed by atoms with van der Waals surface area (Å²) in [5.74, 6) is -0.320. The molecule has 3 heterocycles. The lowest BCUT2D eigenvalue weighted by Crippen LogP contribution is -2.48. The molecule has 3 aromatic rings. The second kappa shape index (κ2) is 11.0. The summed E-state index contributed by atoms with van der Waals surface area (Å²) in [5, 5.41) is 7.68. The van der Waals surface area contributed by atoms with Gasteiger partial charge in [0.25, 0.3) is 0 Å². The first-order valence-electron chi connectivity index (χ1n) is 11.1. The van der Waals surface area contributed by atoms with Crippen LogP contribution in [0.4, 0.5) is 8.78 Å². The minimum Gasteiger partial charge on any atom is -0.481 e. The molecule has 0 bridgehead atoms. The third-order valence-electron chi connectivity index (χ3n) is 5.99. The van der Waals surface area contributed by atoms with Crippen molar-refractivity contribution in [3.8, 4) is 5.88 Å². The zero-order chi connectivity index (χ0) is 23.2. The Hall–Kier alpha value is -2.61. The van der Waals surface area contributed by atoms with Gasteiger partial charge in [0.05, 0.1) is 23.2 Å². The van der Waals surface area contributed by atoms with Gasteiger partial charge in [0.2, 0.25) is 5.88 Å². The molecule has 4 rings (SSSR count). The van der Waals surface area contributed by atoms with Gasteiger partial charge in [-0.15, -0.1) is 0 Å². The summed E-state index contributed by atoms with van der Waals surface area (Å²) in [6, 6.07) is 7.88. The molecule has 1 aliphatic rings. The van der Waals surface area contributed by atoms with Gasteiger partial charge in [-0.2, -0.15) is 0 Å². The minimum atomic E-state index is -0.442. The summed E-state index contributed by atoms with van der Waals surface area (Å²) in [7, 11) is 1.60. The fourth-order valence-corrected chi connectivity index (χ4v) is 4.38.